The van der Waals surface area contributed by atoms with Crippen LogP contribution in [0, 0.1) is 11.7 Å². The summed E-state index contributed by atoms with van der Waals surface area (Å²) in [6.45, 7) is 0. The van der Waals surface area contributed by atoms with Crippen LogP contribution in [0.1, 0.15) is 49.4 Å². The lowest BCUT2D eigenvalue weighted by Crippen LogP contribution is -2.16. The van der Waals surface area contributed by atoms with Crippen LogP contribution in [-0.4, -0.2) is 0 Å². The van der Waals surface area contributed by atoms with Crippen molar-refractivity contribution in [3.63, 3.8) is 0 Å². The normalized spacial score (nSPS) is 18.8. The van der Waals surface area contributed by atoms with E-state index in [1.807, 2.05) is 6.07 Å². The second-order valence-electron chi connectivity index (χ2n) is 5.68. The Hall–Kier alpha value is -0.930. The lowest BCUT2D eigenvalue weighted by Gasteiger charge is -2.24. The molecule has 0 amide bonds. The monoisotopic (exact) mass is 277 g/mol. The molecule has 1 aliphatic rings. The molecule has 2 aromatic rings. The molecule has 2 N–H and O–H groups in total. The van der Waals surface area contributed by atoms with Crippen molar-refractivity contribution < 1.29 is 4.39 Å². The summed E-state index contributed by atoms with van der Waals surface area (Å²) < 4.78 is 14.2. The average Bonchev–Trinajstić information content (AvgIpc) is 2.83. The van der Waals surface area contributed by atoms with E-state index < -0.39 is 0 Å². The van der Waals surface area contributed by atoms with Gasteiger partial charge in [0.1, 0.15) is 5.82 Å². The fraction of sp³-hybridized carbons (Fsp3) is 0.500. The Labute approximate surface area is 117 Å². The first-order chi connectivity index (χ1) is 9.22. The SMILES string of the molecule is NC(CC1CCCCC1)c1cc2ccc(F)cc2s1. The summed E-state index contributed by atoms with van der Waals surface area (Å²) in [5.41, 5.74) is 6.34. The second kappa shape index (κ2) is 5.59. The summed E-state index contributed by atoms with van der Waals surface area (Å²) in [7, 11) is 0. The van der Waals surface area contributed by atoms with E-state index in [4.69, 9.17) is 5.73 Å². The zero-order chi connectivity index (χ0) is 13.2. The lowest BCUT2D eigenvalue weighted by atomic mass is 9.85. The lowest BCUT2D eigenvalue weighted by molar-refractivity contribution is 0.320. The minimum atomic E-state index is -0.165. The van der Waals surface area contributed by atoms with E-state index in [9.17, 15) is 4.39 Å². The van der Waals surface area contributed by atoms with E-state index in [1.54, 1.807) is 17.4 Å². The third-order valence-corrected chi connectivity index (χ3v) is 5.41. The highest BCUT2D eigenvalue weighted by molar-refractivity contribution is 7.19. The molecular weight excluding hydrogens is 257 g/mol. The first-order valence-corrected chi connectivity index (χ1v) is 7.98. The quantitative estimate of drug-likeness (QED) is 0.838. The van der Waals surface area contributed by atoms with Crippen molar-refractivity contribution in [2.75, 3.05) is 0 Å². The number of nitrogens with two attached hydrogens (primary N) is 1. The topological polar surface area (TPSA) is 26.0 Å². The average molecular weight is 277 g/mol. The largest absolute Gasteiger partial charge is 0.323 e. The molecule has 1 heterocycles. The van der Waals surface area contributed by atoms with Crippen LogP contribution >= 0.6 is 11.3 Å². The third-order valence-electron chi connectivity index (χ3n) is 4.18. The number of thiophene rings is 1. The van der Waals surface area contributed by atoms with Gasteiger partial charge < -0.3 is 5.73 Å². The molecule has 0 spiro atoms. The Morgan fingerprint density at radius 1 is 1.21 bits per heavy atom. The van der Waals surface area contributed by atoms with Crippen molar-refractivity contribution in [2.45, 2.75) is 44.6 Å². The maximum absolute atomic E-state index is 13.2. The molecule has 1 aliphatic carbocycles. The van der Waals surface area contributed by atoms with E-state index in [2.05, 4.69) is 6.07 Å². The smallest absolute Gasteiger partial charge is 0.124 e. The fourth-order valence-electron chi connectivity index (χ4n) is 3.11. The van der Waals surface area contributed by atoms with E-state index in [1.165, 1.54) is 43.0 Å². The summed E-state index contributed by atoms with van der Waals surface area (Å²) in [4.78, 5) is 1.20. The molecule has 3 rings (SSSR count). The highest BCUT2D eigenvalue weighted by atomic mass is 32.1. The summed E-state index contributed by atoms with van der Waals surface area (Å²) in [6, 6.07) is 7.22. The van der Waals surface area contributed by atoms with Crippen molar-refractivity contribution in [2.24, 2.45) is 11.7 Å². The van der Waals surface area contributed by atoms with Gasteiger partial charge in [0.15, 0.2) is 0 Å². The summed E-state index contributed by atoms with van der Waals surface area (Å²) in [6.07, 6.45) is 7.83. The molecule has 1 aromatic heterocycles. The standard InChI is InChI=1S/C16H20FNS/c17-13-7-6-12-9-16(19-15(12)10-13)14(18)8-11-4-2-1-3-5-11/h6-7,9-11,14H,1-5,8,18H2. The highest BCUT2D eigenvalue weighted by Crippen LogP contribution is 2.35. The zero-order valence-electron chi connectivity index (χ0n) is 11.1. The fourth-order valence-corrected chi connectivity index (χ4v) is 4.21. The van der Waals surface area contributed by atoms with E-state index in [-0.39, 0.29) is 11.9 Å². The Bertz CT molecular complexity index is 557. The van der Waals surface area contributed by atoms with Gasteiger partial charge in [0.25, 0.3) is 0 Å². The van der Waals surface area contributed by atoms with Gasteiger partial charge in [-0.05, 0) is 35.9 Å². The highest BCUT2D eigenvalue weighted by Gasteiger charge is 2.19. The number of hydrogen-bond acceptors (Lipinski definition) is 2. The predicted molar refractivity (Wildman–Crippen MR) is 79.9 cm³/mol. The molecule has 1 fully saturated rings. The maximum Gasteiger partial charge on any atom is 0.124 e. The molecule has 1 nitrogen and oxygen atoms in total. The van der Waals surface area contributed by atoms with Gasteiger partial charge in [-0.2, -0.15) is 0 Å². The number of hydrogen-bond donors (Lipinski definition) is 1. The third kappa shape index (κ3) is 2.98. The number of rotatable bonds is 3. The van der Waals surface area contributed by atoms with Gasteiger partial charge in [-0.1, -0.05) is 38.2 Å². The molecule has 0 aliphatic heterocycles. The summed E-state index contributed by atoms with van der Waals surface area (Å²) in [5.74, 6) is 0.618. The van der Waals surface area contributed by atoms with Crippen LogP contribution in [0.4, 0.5) is 4.39 Å². The van der Waals surface area contributed by atoms with E-state index in [0.29, 0.717) is 0 Å². The number of fused-ring (bicyclic) bond motifs is 1. The minimum absolute atomic E-state index is 0.114. The van der Waals surface area contributed by atoms with Crippen molar-refractivity contribution >= 4 is 21.4 Å². The first kappa shape index (κ1) is 13.1. The molecule has 102 valence electrons. The molecule has 1 aromatic carbocycles. The van der Waals surface area contributed by atoms with Crippen LogP contribution in [0.5, 0.6) is 0 Å². The van der Waals surface area contributed by atoms with Crippen LogP contribution < -0.4 is 5.73 Å². The predicted octanol–water partition coefficient (Wildman–Crippen LogP) is 5.01. The molecule has 0 radical (unpaired) electrons. The van der Waals surface area contributed by atoms with Crippen LogP contribution in [0.25, 0.3) is 10.1 Å². The van der Waals surface area contributed by atoms with Gasteiger partial charge in [0.2, 0.25) is 0 Å². The van der Waals surface area contributed by atoms with Crippen molar-refractivity contribution in [3.8, 4) is 0 Å². The Kier molecular flexibility index (Phi) is 3.85. The van der Waals surface area contributed by atoms with Gasteiger partial charge in [-0.25, -0.2) is 4.39 Å². The molecule has 0 saturated heterocycles. The second-order valence-corrected chi connectivity index (χ2v) is 6.79. The summed E-state index contributed by atoms with van der Waals surface area (Å²) in [5, 5.41) is 1.11. The van der Waals surface area contributed by atoms with Crippen LogP contribution in [0.2, 0.25) is 0 Å². The molecule has 1 unspecified atom stereocenters. The van der Waals surface area contributed by atoms with Gasteiger partial charge in [-0.15, -0.1) is 11.3 Å². The number of halogens is 1. The molecule has 19 heavy (non-hydrogen) atoms. The van der Waals surface area contributed by atoms with Crippen LogP contribution in [0.15, 0.2) is 24.3 Å². The van der Waals surface area contributed by atoms with Gasteiger partial charge >= 0.3 is 0 Å². The summed E-state index contributed by atoms with van der Waals surface area (Å²) >= 11 is 1.64. The Morgan fingerprint density at radius 2 is 2.00 bits per heavy atom. The van der Waals surface area contributed by atoms with Gasteiger partial charge in [0.05, 0.1) is 0 Å². The van der Waals surface area contributed by atoms with Gasteiger partial charge in [-0.3, -0.25) is 0 Å². The number of benzene rings is 1. The van der Waals surface area contributed by atoms with Gasteiger partial charge in [0, 0.05) is 15.6 Å². The molecular formula is C16H20FNS. The van der Waals surface area contributed by atoms with E-state index in [0.717, 1.165) is 22.4 Å². The molecule has 0 bridgehead atoms. The van der Waals surface area contributed by atoms with Crippen molar-refractivity contribution in [3.05, 3.63) is 35.0 Å². The Balaban J connectivity index is 1.75. The zero-order valence-corrected chi connectivity index (χ0v) is 11.9. The first-order valence-electron chi connectivity index (χ1n) is 7.17. The van der Waals surface area contributed by atoms with E-state index >= 15 is 0 Å². The van der Waals surface area contributed by atoms with Crippen molar-refractivity contribution in [1.82, 2.24) is 0 Å². The Morgan fingerprint density at radius 3 is 2.79 bits per heavy atom. The maximum atomic E-state index is 13.2. The molecule has 1 saturated carbocycles. The minimum Gasteiger partial charge on any atom is -0.323 e. The molecule has 1 atom stereocenters. The van der Waals surface area contributed by atoms with Crippen LogP contribution in [0.3, 0.4) is 0 Å². The van der Waals surface area contributed by atoms with Crippen molar-refractivity contribution in [1.29, 1.82) is 0 Å². The van der Waals surface area contributed by atoms with Crippen LogP contribution in [-0.2, 0) is 0 Å². The molecule has 3 heteroatoms.